The SMILES string of the molecule is O=C1C(c2cccc(Br)c2)N(C2CCCCCCC2)C(=O)CN1C1CCCCC1. The molecule has 2 aliphatic carbocycles. The largest absolute Gasteiger partial charge is 0.328 e. The topological polar surface area (TPSA) is 40.6 Å². The van der Waals surface area contributed by atoms with E-state index in [-0.39, 0.29) is 30.4 Å². The fraction of sp³-hybridized carbons (Fsp3) is 0.667. The zero-order chi connectivity index (χ0) is 20.2. The minimum Gasteiger partial charge on any atom is -0.328 e. The van der Waals surface area contributed by atoms with Crippen LogP contribution in [-0.4, -0.2) is 40.2 Å². The van der Waals surface area contributed by atoms with E-state index in [9.17, 15) is 9.59 Å². The van der Waals surface area contributed by atoms with Gasteiger partial charge in [-0.15, -0.1) is 0 Å². The van der Waals surface area contributed by atoms with Crippen LogP contribution < -0.4 is 0 Å². The molecule has 1 heterocycles. The first-order valence-electron chi connectivity index (χ1n) is 11.5. The lowest BCUT2D eigenvalue weighted by Crippen LogP contribution is -2.60. The van der Waals surface area contributed by atoms with Crippen LogP contribution in [-0.2, 0) is 9.59 Å². The number of hydrogen-bond donors (Lipinski definition) is 0. The molecular weight excluding hydrogens is 428 g/mol. The number of hydrogen-bond acceptors (Lipinski definition) is 2. The van der Waals surface area contributed by atoms with Gasteiger partial charge in [-0.2, -0.15) is 0 Å². The molecule has 29 heavy (non-hydrogen) atoms. The van der Waals surface area contributed by atoms with Crippen molar-refractivity contribution in [1.82, 2.24) is 9.80 Å². The van der Waals surface area contributed by atoms with Gasteiger partial charge in [0.25, 0.3) is 5.91 Å². The molecule has 1 aliphatic heterocycles. The highest BCUT2D eigenvalue weighted by atomic mass is 79.9. The quantitative estimate of drug-likeness (QED) is 0.588. The lowest BCUT2D eigenvalue weighted by Gasteiger charge is -2.47. The average Bonchev–Trinajstić information content (AvgIpc) is 2.70. The Morgan fingerprint density at radius 1 is 0.793 bits per heavy atom. The molecule has 3 aliphatic rings. The second-order valence-electron chi connectivity index (χ2n) is 9.02. The number of halogens is 1. The van der Waals surface area contributed by atoms with Crippen molar-refractivity contribution in [3.63, 3.8) is 0 Å². The second kappa shape index (κ2) is 9.63. The summed E-state index contributed by atoms with van der Waals surface area (Å²) in [7, 11) is 0. The molecule has 2 amide bonds. The summed E-state index contributed by atoms with van der Waals surface area (Å²) in [6.07, 6.45) is 13.8. The third kappa shape index (κ3) is 4.70. The average molecular weight is 461 g/mol. The third-order valence-electron chi connectivity index (χ3n) is 7.04. The molecule has 2 saturated carbocycles. The molecule has 158 valence electrons. The van der Waals surface area contributed by atoms with Gasteiger partial charge in [-0.1, -0.05) is 79.4 Å². The van der Waals surface area contributed by atoms with Crippen molar-refractivity contribution in [3.8, 4) is 0 Å². The summed E-state index contributed by atoms with van der Waals surface area (Å²) in [6, 6.07) is 7.94. The van der Waals surface area contributed by atoms with E-state index >= 15 is 0 Å². The Bertz CT molecular complexity index is 723. The highest BCUT2D eigenvalue weighted by molar-refractivity contribution is 9.10. The van der Waals surface area contributed by atoms with Gasteiger partial charge in [0.15, 0.2) is 0 Å². The van der Waals surface area contributed by atoms with Crippen LogP contribution in [0.25, 0.3) is 0 Å². The van der Waals surface area contributed by atoms with Gasteiger partial charge < -0.3 is 9.80 Å². The minimum atomic E-state index is -0.472. The van der Waals surface area contributed by atoms with Gasteiger partial charge >= 0.3 is 0 Å². The Labute approximate surface area is 183 Å². The molecule has 3 fully saturated rings. The fourth-order valence-corrected chi connectivity index (χ4v) is 5.95. The van der Waals surface area contributed by atoms with Crippen LogP contribution in [0.5, 0.6) is 0 Å². The molecule has 1 saturated heterocycles. The highest BCUT2D eigenvalue weighted by Crippen LogP contribution is 2.37. The van der Waals surface area contributed by atoms with E-state index in [4.69, 9.17) is 0 Å². The Balaban J connectivity index is 1.67. The van der Waals surface area contributed by atoms with E-state index in [1.165, 1.54) is 25.7 Å². The zero-order valence-corrected chi connectivity index (χ0v) is 18.9. The van der Waals surface area contributed by atoms with Crippen molar-refractivity contribution in [1.29, 1.82) is 0 Å². The van der Waals surface area contributed by atoms with Gasteiger partial charge in [0, 0.05) is 16.6 Å². The first kappa shape index (κ1) is 20.9. The number of benzene rings is 1. The first-order chi connectivity index (χ1) is 14.1. The molecule has 0 spiro atoms. The number of carbonyl (C=O) groups excluding carboxylic acids is 2. The van der Waals surface area contributed by atoms with Gasteiger partial charge in [0.1, 0.15) is 12.6 Å². The summed E-state index contributed by atoms with van der Waals surface area (Å²) in [5, 5.41) is 0. The molecule has 1 unspecified atom stereocenters. The van der Waals surface area contributed by atoms with Crippen molar-refractivity contribution < 1.29 is 9.59 Å². The van der Waals surface area contributed by atoms with E-state index in [0.717, 1.165) is 61.4 Å². The van der Waals surface area contributed by atoms with Gasteiger partial charge in [0.05, 0.1) is 0 Å². The van der Waals surface area contributed by atoms with E-state index in [2.05, 4.69) is 15.9 Å². The summed E-state index contributed by atoms with van der Waals surface area (Å²) in [4.78, 5) is 31.2. The van der Waals surface area contributed by atoms with E-state index < -0.39 is 6.04 Å². The smallest absolute Gasteiger partial charge is 0.250 e. The molecule has 1 aromatic carbocycles. The summed E-state index contributed by atoms with van der Waals surface area (Å²) < 4.78 is 0.961. The summed E-state index contributed by atoms with van der Waals surface area (Å²) in [6.45, 7) is 0.268. The van der Waals surface area contributed by atoms with Crippen molar-refractivity contribution in [2.24, 2.45) is 0 Å². The maximum absolute atomic E-state index is 13.8. The first-order valence-corrected chi connectivity index (χ1v) is 12.3. The number of nitrogens with zero attached hydrogens (tertiary/aromatic N) is 2. The van der Waals surface area contributed by atoms with Crippen LogP contribution in [0.3, 0.4) is 0 Å². The van der Waals surface area contributed by atoms with Gasteiger partial charge in [0.2, 0.25) is 5.91 Å². The monoisotopic (exact) mass is 460 g/mol. The predicted molar refractivity (Wildman–Crippen MR) is 118 cm³/mol. The Morgan fingerprint density at radius 3 is 2.03 bits per heavy atom. The Kier molecular flexibility index (Phi) is 6.94. The predicted octanol–water partition coefficient (Wildman–Crippen LogP) is 5.61. The standard InChI is InChI=1S/C24H33BrN2O2/c25-19-11-9-10-18(16-19)23-24(29)26(20-12-7-4-8-13-20)17-22(28)27(23)21-14-5-2-1-3-6-15-21/h9-11,16,20-21,23H,1-8,12-15,17H2. The van der Waals surface area contributed by atoms with Crippen molar-refractivity contribution in [3.05, 3.63) is 34.3 Å². The van der Waals surface area contributed by atoms with E-state index in [0.29, 0.717) is 0 Å². The lowest BCUT2D eigenvalue weighted by molar-refractivity contribution is -0.162. The molecule has 0 radical (unpaired) electrons. The molecule has 4 nitrogen and oxygen atoms in total. The summed E-state index contributed by atoms with van der Waals surface area (Å²) in [5.41, 5.74) is 0.945. The molecule has 4 rings (SSSR count). The van der Waals surface area contributed by atoms with Crippen molar-refractivity contribution in [2.75, 3.05) is 6.54 Å². The highest BCUT2D eigenvalue weighted by Gasteiger charge is 2.45. The molecule has 0 N–H and O–H groups in total. The van der Waals surface area contributed by atoms with Crippen LogP contribution in [0.4, 0.5) is 0 Å². The van der Waals surface area contributed by atoms with Gasteiger partial charge in [-0.05, 0) is 43.4 Å². The molecule has 0 aromatic heterocycles. The number of carbonyl (C=O) groups is 2. The summed E-state index contributed by atoms with van der Waals surface area (Å²) >= 11 is 3.57. The summed E-state index contributed by atoms with van der Waals surface area (Å²) in [5.74, 6) is 0.280. The normalized spacial score (nSPS) is 25.8. The Morgan fingerprint density at radius 2 is 1.38 bits per heavy atom. The number of amides is 2. The van der Waals surface area contributed by atoms with Crippen LogP contribution in [0.15, 0.2) is 28.7 Å². The molecule has 1 aromatic rings. The third-order valence-corrected chi connectivity index (χ3v) is 7.53. The molecule has 0 bridgehead atoms. The fourth-order valence-electron chi connectivity index (χ4n) is 5.53. The van der Waals surface area contributed by atoms with E-state index in [1.807, 2.05) is 34.1 Å². The molecular formula is C24H33BrN2O2. The van der Waals surface area contributed by atoms with Crippen LogP contribution in [0.1, 0.15) is 88.7 Å². The van der Waals surface area contributed by atoms with Crippen LogP contribution in [0.2, 0.25) is 0 Å². The molecule has 5 heteroatoms. The lowest BCUT2D eigenvalue weighted by atomic mass is 9.89. The van der Waals surface area contributed by atoms with Gasteiger partial charge in [-0.25, -0.2) is 0 Å². The second-order valence-corrected chi connectivity index (χ2v) is 9.93. The maximum atomic E-state index is 13.8. The van der Waals surface area contributed by atoms with Crippen LogP contribution >= 0.6 is 15.9 Å². The van der Waals surface area contributed by atoms with E-state index in [1.54, 1.807) is 0 Å². The number of piperazine rings is 1. The minimum absolute atomic E-state index is 0.136. The van der Waals surface area contributed by atoms with Crippen molar-refractivity contribution in [2.45, 2.75) is 95.2 Å². The van der Waals surface area contributed by atoms with Crippen LogP contribution in [0, 0.1) is 0 Å². The van der Waals surface area contributed by atoms with Gasteiger partial charge in [-0.3, -0.25) is 9.59 Å². The maximum Gasteiger partial charge on any atom is 0.250 e. The zero-order valence-electron chi connectivity index (χ0n) is 17.3. The van der Waals surface area contributed by atoms with Crippen molar-refractivity contribution >= 4 is 27.7 Å². The number of rotatable bonds is 3. The Hall–Kier alpha value is -1.36. The molecule has 1 atom stereocenters.